The van der Waals surface area contributed by atoms with Gasteiger partial charge in [0.05, 0.1) is 18.3 Å². The molecule has 0 saturated heterocycles. The average molecular weight is 371 g/mol. The second-order valence-corrected chi connectivity index (χ2v) is 6.84. The molecule has 1 aliphatic rings. The zero-order valence-electron chi connectivity index (χ0n) is 14.2. The van der Waals surface area contributed by atoms with Crippen LogP contribution in [0, 0.1) is 0 Å². The van der Waals surface area contributed by atoms with Gasteiger partial charge < -0.3 is 15.1 Å². The second-order valence-electron chi connectivity index (χ2n) is 6.40. The van der Waals surface area contributed by atoms with Gasteiger partial charge >= 0.3 is 0 Å². The highest BCUT2D eigenvalue weighted by Crippen LogP contribution is 2.39. The summed E-state index contributed by atoms with van der Waals surface area (Å²) in [6, 6.07) is 9.22. The average Bonchev–Trinajstić information content (AvgIpc) is 3.35. The number of aromatic nitrogens is 2. The first kappa shape index (κ1) is 16.8. The van der Waals surface area contributed by atoms with Gasteiger partial charge in [0.15, 0.2) is 0 Å². The van der Waals surface area contributed by atoms with E-state index in [4.69, 9.17) is 16.0 Å². The van der Waals surface area contributed by atoms with E-state index in [2.05, 4.69) is 20.6 Å². The molecule has 0 bridgehead atoms. The lowest BCUT2D eigenvalue weighted by Crippen LogP contribution is -2.24. The molecule has 0 unspecified atom stereocenters. The molecule has 2 N–H and O–H groups in total. The molecule has 6 nitrogen and oxygen atoms in total. The third kappa shape index (κ3) is 3.96. The summed E-state index contributed by atoms with van der Waals surface area (Å²) in [6.45, 7) is 0.884. The maximum atomic E-state index is 12.0. The van der Waals surface area contributed by atoms with Crippen LogP contribution in [0.25, 0.3) is 10.9 Å². The normalized spacial score (nSPS) is 13.7. The Labute approximate surface area is 156 Å². The van der Waals surface area contributed by atoms with Crippen molar-refractivity contribution in [1.29, 1.82) is 0 Å². The van der Waals surface area contributed by atoms with E-state index >= 15 is 0 Å². The lowest BCUT2D eigenvalue weighted by molar-refractivity contribution is -0.121. The van der Waals surface area contributed by atoms with E-state index in [9.17, 15) is 4.79 Å². The fourth-order valence-electron chi connectivity index (χ4n) is 2.76. The van der Waals surface area contributed by atoms with Crippen molar-refractivity contribution in [2.24, 2.45) is 0 Å². The Morgan fingerprint density at radius 1 is 1.27 bits per heavy atom. The quantitative estimate of drug-likeness (QED) is 0.659. The minimum atomic E-state index is -0.0438. The van der Waals surface area contributed by atoms with Crippen LogP contribution in [0.1, 0.15) is 36.8 Å². The van der Waals surface area contributed by atoms with Crippen molar-refractivity contribution in [1.82, 2.24) is 15.3 Å². The molecule has 3 aromatic rings. The van der Waals surface area contributed by atoms with Crippen molar-refractivity contribution < 1.29 is 9.21 Å². The first-order chi connectivity index (χ1) is 12.7. The van der Waals surface area contributed by atoms with Gasteiger partial charge in [0, 0.05) is 29.3 Å². The van der Waals surface area contributed by atoms with Crippen LogP contribution in [0.5, 0.6) is 0 Å². The number of carbonyl (C=O) groups is 1. The Morgan fingerprint density at radius 3 is 2.92 bits per heavy atom. The zero-order chi connectivity index (χ0) is 17.9. The van der Waals surface area contributed by atoms with Gasteiger partial charge in [0.2, 0.25) is 5.91 Å². The molecular weight excluding hydrogens is 352 g/mol. The van der Waals surface area contributed by atoms with Gasteiger partial charge in [-0.2, -0.15) is 0 Å². The number of nitrogens with zero attached hydrogens (tertiary/aromatic N) is 2. The molecule has 2 heterocycles. The van der Waals surface area contributed by atoms with Crippen molar-refractivity contribution >= 4 is 34.2 Å². The Kier molecular flexibility index (Phi) is 4.75. The molecule has 4 rings (SSSR count). The number of halogens is 1. The molecule has 0 atom stereocenters. The van der Waals surface area contributed by atoms with Crippen molar-refractivity contribution in [2.45, 2.75) is 31.7 Å². The number of hydrogen-bond acceptors (Lipinski definition) is 5. The minimum Gasteiger partial charge on any atom is -0.467 e. The van der Waals surface area contributed by atoms with Crippen molar-refractivity contribution in [3.05, 3.63) is 53.2 Å². The fraction of sp³-hybridized carbons (Fsp3) is 0.316. The van der Waals surface area contributed by atoms with E-state index in [0.717, 1.165) is 41.1 Å². The number of anilines is 1. The Balaban J connectivity index is 1.40. The van der Waals surface area contributed by atoms with Crippen LogP contribution in [-0.2, 0) is 11.3 Å². The predicted octanol–water partition coefficient (Wildman–Crippen LogP) is 3.87. The molecular formula is C19H19ClN4O2. The van der Waals surface area contributed by atoms with Crippen LogP contribution in [0.4, 0.5) is 5.82 Å². The summed E-state index contributed by atoms with van der Waals surface area (Å²) >= 11 is 6.10. The summed E-state index contributed by atoms with van der Waals surface area (Å²) in [5.74, 6) is 2.74. The number of amides is 1. The largest absolute Gasteiger partial charge is 0.467 e. The number of nitrogens with one attached hydrogen (secondary N) is 2. The molecule has 1 amide bonds. The molecule has 26 heavy (non-hydrogen) atoms. The molecule has 0 spiro atoms. The third-order valence-corrected chi connectivity index (χ3v) is 4.54. The van der Waals surface area contributed by atoms with E-state index in [1.807, 2.05) is 24.3 Å². The maximum absolute atomic E-state index is 12.0. The SMILES string of the molecule is O=C(CCNc1nc(C2CC2)nc2cc(Cl)ccc12)NCc1ccco1. The van der Waals surface area contributed by atoms with Crippen LogP contribution in [0.2, 0.25) is 5.02 Å². The Morgan fingerprint density at radius 2 is 2.15 bits per heavy atom. The molecule has 0 aliphatic heterocycles. The predicted molar refractivity (Wildman–Crippen MR) is 100 cm³/mol. The molecule has 7 heteroatoms. The van der Waals surface area contributed by atoms with E-state index < -0.39 is 0 Å². The maximum Gasteiger partial charge on any atom is 0.222 e. The van der Waals surface area contributed by atoms with Gasteiger partial charge in [-0.1, -0.05) is 11.6 Å². The Hall–Kier alpha value is -2.60. The van der Waals surface area contributed by atoms with E-state index in [1.165, 1.54) is 0 Å². The van der Waals surface area contributed by atoms with E-state index in [0.29, 0.717) is 30.5 Å². The summed E-state index contributed by atoms with van der Waals surface area (Å²) in [7, 11) is 0. The van der Waals surface area contributed by atoms with Gasteiger partial charge in [0.25, 0.3) is 0 Å². The fourth-order valence-corrected chi connectivity index (χ4v) is 2.93. The number of rotatable bonds is 7. The molecule has 1 aliphatic carbocycles. The molecule has 0 radical (unpaired) electrons. The highest BCUT2D eigenvalue weighted by atomic mass is 35.5. The molecule has 1 fully saturated rings. The van der Waals surface area contributed by atoms with Gasteiger partial charge in [-0.25, -0.2) is 9.97 Å². The number of furan rings is 1. The van der Waals surface area contributed by atoms with Crippen LogP contribution >= 0.6 is 11.6 Å². The van der Waals surface area contributed by atoms with Crippen molar-refractivity contribution in [2.75, 3.05) is 11.9 Å². The third-order valence-electron chi connectivity index (χ3n) is 4.30. The summed E-state index contributed by atoms with van der Waals surface area (Å²) in [4.78, 5) is 21.3. The summed E-state index contributed by atoms with van der Waals surface area (Å²) in [5, 5.41) is 7.67. The number of benzene rings is 1. The standard InChI is InChI=1S/C19H19ClN4O2/c20-13-5-6-15-16(10-13)23-18(12-3-4-12)24-19(15)21-8-7-17(25)22-11-14-2-1-9-26-14/h1-2,5-6,9-10,12H,3-4,7-8,11H2,(H,22,25)(H,21,23,24). The van der Waals surface area contributed by atoms with Crippen molar-refractivity contribution in [3.8, 4) is 0 Å². The van der Waals surface area contributed by atoms with Gasteiger partial charge in [-0.3, -0.25) is 4.79 Å². The molecule has 2 aromatic heterocycles. The monoisotopic (exact) mass is 370 g/mol. The number of fused-ring (bicyclic) bond motifs is 1. The summed E-state index contributed by atoms with van der Waals surface area (Å²) in [5.41, 5.74) is 0.833. The lowest BCUT2D eigenvalue weighted by Gasteiger charge is -2.11. The topological polar surface area (TPSA) is 80.0 Å². The van der Waals surface area contributed by atoms with Crippen LogP contribution in [-0.4, -0.2) is 22.4 Å². The van der Waals surface area contributed by atoms with Crippen LogP contribution in [0.15, 0.2) is 41.0 Å². The molecule has 134 valence electrons. The van der Waals surface area contributed by atoms with E-state index in [-0.39, 0.29) is 5.91 Å². The van der Waals surface area contributed by atoms with E-state index in [1.54, 1.807) is 12.3 Å². The lowest BCUT2D eigenvalue weighted by atomic mass is 10.2. The molecule has 1 saturated carbocycles. The summed E-state index contributed by atoms with van der Waals surface area (Å²) < 4.78 is 5.20. The molecule has 1 aromatic carbocycles. The highest BCUT2D eigenvalue weighted by Gasteiger charge is 2.27. The highest BCUT2D eigenvalue weighted by molar-refractivity contribution is 6.31. The van der Waals surface area contributed by atoms with Gasteiger partial charge in [-0.15, -0.1) is 0 Å². The zero-order valence-corrected chi connectivity index (χ0v) is 14.9. The van der Waals surface area contributed by atoms with Crippen LogP contribution in [0.3, 0.4) is 0 Å². The first-order valence-corrected chi connectivity index (χ1v) is 9.07. The smallest absolute Gasteiger partial charge is 0.222 e. The summed E-state index contributed by atoms with van der Waals surface area (Å²) in [6.07, 6.45) is 4.19. The number of carbonyl (C=O) groups excluding carboxylic acids is 1. The van der Waals surface area contributed by atoms with Gasteiger partial charge in [-0.05, 0) is 43.2 Å². The Bertz CT molecular complexity index is 923. The van der Waals surface area contributed by atoms with Crippen molar-refractivity contribution in [3.63, 3.8) is 0 Å². The number of hydrogen-bond donors (Lipinski definition) is 2. The van der Waals surface area contributed by atoms with Gasteiger partial charge in [0.1, 0.15) is 17.4 Å². The first-order valence-electron chi connectivity index (χ1n) is 8.69. The van der Waals surface area contributed by atoms with Crippen LogP contribution < -0.4 is 10.6 Å². The minimum absolute atomic E-state index is 0.0438. The second kappa shape index (κ2) is 7.33.